The van der Waals surface area contributed by atoms with Gasteiger partial charge in [0.05, 0.1) is 5.75 Å². The van der Waals surface area contributed by atoms with Gasteiger partial charge in [0.15, 0.2) is 0 Å². The first-order valence-electron chi connectivity index (χ1n) is 6.60. The zero-order valence-electron chi connectivity index (χ0n) is 9.74. The van der Waals surface area contributed by atoms with Crippen LogP contribution in [0.1, 0.15) is 51.4 Å². The topological polar surface area (TPSA) is 46.2 Å². The van der Waals surface area contributed by atoms with Crippen molar-refractivity contribution >= 4 is 10.0 Å². The lowest BCUT2D eigenvalue weighted by atomic mass is 9.86. The first-order valence-corrected chi connectivity index (χ1v) is 8.25. The van der Waals surface area contributed by atoms with Crippen LogP contribution in [0.25, 0.3) is 0 Å². The molecule has 0 bridgehead atoms. The third-order valence-electron chi connectivity index (χ3n) is 4.51. The number of hydrogen-bond acceptors (Lipinski definition) is 2. The normalized spacial score (nSPS) is 32.9. The molecule has 3 rings (SSSR count). The molecule has 0 aromatic heterocycles. The van der Waals surface area contributed by atoms with Gasteiger partial charge in [0.2, 0.25) is 10.0 Å². The second kappa shape index (κ2) is 3.70. The first kappa shape index (κ1) is 11.0. The van der Waals surface area contributed by atoms with E-state index in [1.54, 1.807) is 0 Å². The third-order valence-corrected chi connectivity index (χ3v) is 6.07. The van der Waals surface area contributed by atoms with E-state index in [4.69, 9.17) is 0 Å². The molecule has 1 atom stereocenters. The predicted octanol–water partition coefficient (Wildman–Crippen LogP) is 2.04. The minimum atomic E-state index is -2.98. The van der Waals surface area contributed by atoms with Crippen molar-refractivity contribution in [2.75, 3.05) is 5.75 Å². The monoisotopic (exact) mass is 243 g/mol. The quantitative estimate of drug-likeness (QED) is 0.821. The van der Waals surface area contributed by atoms with Crippen LogP contribution >= 0.6 is 0 Å². The summed E-state index contributed by atoms with van der Waals surface area (Å²) in [5, 5.41) is 0. The van der Waals surface area contributed by atoms with Gasteiger partial charge in [-0.2, -0.15) is 0 Å². The smallest absolute Gasteiger partial charge is 0.212 e. The standard InChI is InChI=1S/C12H21NO2S/c14-16(15,9-10-4-5-10)13-11-8-12(11)6-2-1-3-7-12/h10-11,13H,1-9H2/t11-/m0/s1. The van der Waals surface area contributed by atoms with Gasteiger partial charge in [0.1, 0.15) is 0 Å². The number of nitrogens with one attached hydrogen (secondary N) is 1. The van der Waals surface area contributed by atoms with Crippen LogP contribution in [0.2, 0.25) is 0 Å². The van der Waals surface area contributed by atoms with Crippen LogP contribution in [-0.4, -0.2) is 20.2 Å². The van der Waals surface area contributed by atoms with Crippen molar-refractivity contribution < 1.29 is 8.42 Å². The highest BCUT2D eigenvalue weighted by molar-refractivity contribution is 7.89. The van der Waals surface area contributed by atoms with E-state index in [9.17, 15) is 8.42 Å². The molecule has 3 saturated carbocycles. The summed E-state index contributed by atoms with van der Waals surface area (Å²) >= 11 is 0. The van der Waals surface area contributed by atoms with Crippen LogP contribution in [0, 0.1) is 11.3 Å². The van der Waals surface area contributed by atoms with Crippen LogP contribution in [-0.2, 0) is 10.0 Å². The molecule has 0 radical (unpaired) electrons. The molecule has 0 heterocycles. The van der Waals surface area contributed by atoms with Gasteiger partial charge in [0.25, 0.3) is 0 Å². The Morgan fingerprint density at radius 1 is 1.12 bits per heavy atom. The molecule has 0 aliphatic heterocycles. The summed E-state index contributed by atoms with van der Waals surface area (Å²) in [5.74, 6) is 0.832. The zero-order valence-corrected chi connectivity index (χ0v) is 10.6. The fourth-order valence-electron chi connectivity index (χ4n) is 3.18. The van der Waals surface area contributed by atoms with E-state index >= 15 is 0 Å². The maximum absolute atomic E-state index is 11.8. The second-order valence-electron chi connectivity index (χ2n) is 6.02. The van der Waals surface area contributed by atoms with Gasteiger partial charge in [-0.3, -0.25) is 0 Å². The average Bonchev–Trinajstić information content (AvgIpc) is 3.10. The third kappa shape index (κ3) is 2.28. The fraction of sp³-hybridized carbons (Fsp3) is 1.00. The molecule has 0 aromatic rings. The Hall–Kier alpha value is -0.0900. The zero-order chi connectivity index (χ0) is 11.2. The van der Waals surface area contributed by atoms with Crippen LogP contribution < -0.4 is 4.72 Å². The van der Waals surface area contributed by atoms with Crippen molar-refractivity contribution in [3.8, 4) is 0 Å². The Bertz CT molecular complexity index is 366. The number of rotatable bonds is 4. The fourth-order valence-corrected chi connectivity index (χ4v) is 5.00. The minimum absolute atomic E-state index is 0.275. The molecular formula is C12H21NO2S. The Morgan fingerprint density at radius 3 is 2.44 bits per heavy atom. The van der Waals surface area contributed by atoms with E-state index < -0.39 is 10.0 Å². The molecule has 4 heteroatoms. The number of sulfonamides is 1. The highest BCUT2D eigenvalue weighted by Crippen LogP contribution is 2.56. The Morgan fingerprint density at radius 2 is 1.81 bits per heavy atom. The van der Waals surface area contributed by atoms with Gasteiger partial charge in [-0.25, -0.2) is 13.1 Å². The molecule has 16 heavy (non-hydrogen) atoms. The van der Waals surface area contributed by atoms with E-state index in [0.29, 0.717) is 17.1 Å². The Labute approximate surface area is 98.0 Å². The summed E-state index contributed by atoms with van der Waals surface area (Å²) in [7, 11) is -2.98. The van der Waals surface area contributed by atoms with E-state index in [0.717, 1.165) is 19.3 Å². The summed E-state index contributed by atoms with van der Waals surface area (Å²) in [5.41, 5.74) is 0.370. The molecule has 0 amide bonds. The number of hydrogen-bond donors (Lipinski definition) is 1. The molecule has 1 N–H and O–H groups in total. The summed E-state index contributed by atoms with van der Waals surface area (Å²) in [6.07, 6.45) is 9.71. The van der Waals surface area contributed by atoms with E-state index in [1.165, 1.54) is 32.1 Å². The SMILES string of the molecule is O=S(=O)(CC1CC1)N[C@H]1CC12CCCCC2. The minimum Gasteiger partial charge on any atom is -0.212 e. The Balaban J connectivity index is 1.55. The molecule has 1 spiro atoms. The maximum atomic E-state index is 11.8. The molecular weight excluding hydrogens is 222 g/mol. The summed E-state index contributed by atoms with van der Waals surface area (Å²) in [4.78, 5) is 0. The van der Waals surface area contributed by atoms with Crippen molar-refractivity contribution in [2.24, 2.45) is 11.3 Å². The van der Waals surface area contributed by atoms with Crippen molar-refractivity contribution in [1.82, 2.24) is 4.72 Å². The van der Waals surface area contributed by atoms with Gasteiger partial charge in [-0.1, -0.05) is 19.3 Å². The molecule has 0 aromatic carbocycles. The van der Waals surface area contributed by atoms with Gasteiger partial charge in [0, 0.05) is 6.04 Å². The van der Waals surface area contributed by atoms with Crippen molar-refractivity contribution in [1.29, 1.82) is 0 Å². The predicted molar refractivity (Wildman–Crippen MR) is 63.6 cm³/mol. The van der Waals surface area contributed by atoms with Crippen molar-refractivity contribution in [3.05, 3.63) is 0 Å². The second-order valence-corrected chi connectivity index (χ2v) is 7.82. The van der Waals surface area contributed by atoms with Gasteiger partial charge in [-0.05, 0) is 43.4 Å². The van der Waals surface area contributed by atoms with Gasteiger partial charge >= 0.3 is 0 Å². The van der Waals surface area contributed by atoms with E-state index in [-0.39, 0.29) is 6.04 Å². The molecule has 92 valence electrons. The summed E-state index contributed by atoms with van der Waals surface area (Å²) in [6.45, 7) is 0. The molecule has 3 fully saturated rings. The molecule has 3 nitrogen and oxygen atoms in total. The largest absolute Gasteiger partial charge is 0.212 e. The molecule has 3 aliphatic carbocycles. The van der Waals surface area contributed by atoms with Crippen LogP contribution in [0.5, 0.6) is 0 Å². The molecule has 0 saturated heterocycles. The summed E-state index contributed by atoms with van der Waals surface area (Å²) in [6, 6.07) is 0.275. The lowest BCUT2D eigenvalue weighted by Crippen LogP contribution is -2.33. The van der Waals surface area contributed by atoms with Crippen molar-refractivity contribution in [3.63, 3.8) is 0 Å². The highest BCUT2D eigenvalue weighted by atomic mass is 32.2. The lowest BCUT2D eigenvalue weighted by Gasteiger charge is -2.22. The lowest BCUT2D eigenvalue weighted by molar-refractivity contribution is 0.321. The molecule has 3 aliphatic rings. The maximum Gasteiger partial charge on any atom is 0.212 e. The van der Waals surface area contributed by atoms with Crippen molar-refractivity contribution in [2.45, 2.75) is 57.4 Å². The van der Waals surface area contributed by atoms with E-state index in [2.05, 4.69) is 4.72 Å². The van der Waals surface area contributed by atoms with Gasteiger partial charge < -0.3 is 0 Å². The first-order chi connectivity index (χ1) is 7.60. The summed E-state index contributed by atoms with van der Waals surface area (Å²) < 4.78 is 26.6. The Kier molecular flexibility index (Phi) is 2.55. The van der Waals surface area contributed by atoms with Crippen LogP contribution in [0.3, 0.4) is 0 Å². The van der Waals surface area contributed by atoms with Crippen LogP contribution in [0.4, 0.5) is 0 Å². The average molecular weight is 243 g/mol. The highest BCUT2D eigenvalue weighted by Gasteiger charge is 2.55. The van der Waals surface area contributed by atoms with Gasteiger partial charge in [-0.15, -0.1) is 0 Å². The van der Waals surface area contributed by atoms with E-state index in [1.807, 2.05) is 0 Å². The molecule has 0 unspecified atom stereocenters. The van der Waals surface area contributed by atoms with Crippen LogP contribution in [0.15, 0.2) is 0 Å².